The van der Waals surface area contributed by atoms with E-state index in [1.807, 2.05) is 23.1 Å². The Morgan fingerprint density at radius 3 is 3.05 bits per heavy atom. The van der Waals surface area contributed by atoms with Crippen molar-refractivity contribution in [2.24, 2.45) is 5.92 Å². The number of benzene rings is 1. The van der Waals surface area contributed by atoms with Gasteiger partial charge in [0.25, 0.3) is 0 Å². The number of anilines is 1. The molecule has 0 aromatic heterocycles. The summed E-state index contributed by atoms with van der Waals surface area (Å²) in [6.45, 7) is 2.39. The highest BCUT2D eigenvalue weighted by Gasteiger charge is 2.33. The molecule has 2 aliphatic rings. The standard InChI is InChI=1S/C15H19ClN2O2/c16-12-5-1-2-6-13(12)17-15(19)18-8-7-14-11(10-18)4-3-9-20-14/h1-2,5-6,11,14H,3-4,7-10H2,(H,17,19)/t11-,14+/m0/s1. The molecule has 1 aromatic carbocycles. The van der Waals surface area contributed by atoms with Crippen molar-refractivity contribution in [2.75, 3.05) is 25.0 Å². The Hall–Kier alpha value is -1.26. The number of hydrogen-bond acceptors (Lipinski definition) is 2. The summed E-state index contributed by atoms with van der Waals surface area (Å²) in [5.74, 6) is 0.481. The van der Waals surface area contributed by atoms with E-state index in [0.717, 1.165) is 39.0 Å². The molecule has 4 nitrogen and oxygen atoms in total. The monoisotopic (exact) mass is 294 g/mol. The number of nitrogens with zero attached hydrogens (tertiary/aromatic N) is 1. The molecule has 2 saturated heterocycles. The average Bonchev–Trinajstić information content (AvgIpc) is 2.49. The number of likely N-dealkylation sites (tertiary alicyclic amines) is 1. The van der Waals surface area contributed by atoms with Gasteiger partial charge >= 0.3 is 6.03 Å². The molecule has 0 aliphatic carbocycles. The molecule has 2 aliphatic heterocycles. The summed E-state index contributed by atoms with van der Waals surface area (Å²) < 4.78 is 5.77. The lowest BCUT2D eigenvalue weighted by atomic mass is 9.89. The molecule has 5 heteroatoms. The summed E-state index contributed by atoms with van der Waals surface area (Å²) in [6, 6.07) is 7.24. The zero-order valence-electron chi connectivity index (χ0n) is 11.3. The van der Waals surface area contributed by atoms with Gasteiger partial charge in [0.15, 0.2) is 0 Å². The van der Waals surface area contributed by atoms with Crippen LogP contribution in [-0.2, 0) is 4.74 Å². The van der Waals surface area contributed by atoms with E-state index in [2.05, 4.69) is 5.32 Å². The Morgan fingerprint density at radius 2 is 2.20 bits per heavy atom. The Labute approximate surface area is 124 Å². The summed E-state index contributed by atoms with van der Waals surface area (Å²) in [5, 5.41) is 3.46. The van der Waals surface area contributed by atoms with Crippen LogP contribution in [-0.4, -0.2) is 36.7 Å². The molecule has 0 saturated carbocycles. The largest absolute Gasteiger partial charge is 0.378 e. The minimum atomic E-state index is -0.0675. The SMILES string of the molecule is O=C(Nc1ccccc1Cl)N1CC[C@H]2OCCC[C@H]2C1. The van der Waals surface area contributed by atoms with E-state index in [-0.39, 0.29) is 6.03 Å². The number of carbonyl (C=O) groups excluding carboxylic acids is 1. The number of nitrogens with one attached hydrogen (secondary N) is 1. The Balaban J connectivity index is 1.62. The number of hydrogen-bond donors (Lipinski definition) is 1. The maximum absolute atomic E-state index is 12.3. The van der Waals surface area contributed by atoms with Crippen LogP contribution in [0.1, 0.15) is 19.3 Å². The minimum absolute atomic E-state index is 0.0675. The predicted molar refractivity (Wildman–Crippen MR) is 79.1 cm³/mol. The number of halogens is 1. The van der Waals surface area contributed by atoms with Crippen LogP contribution in [0, 0.1) is 5.92 Å². The maximum Gasteiger partial charge on any atom is 0.321 e. The third-order valence-corrected chi connectivity index (χ3v) is 4.45. The molecule has 2 fully saturated rings. The number of carbonyl (C=O) groups is 1. The van der Waals surface area contributed by atoms with E-state index >= 15 is 0 Å². The smallest absolute Gasteiger partial charge is 0.321 e. The molecule has 0 spiro atoms. The van der Waals surface area contributed by atoms with Crippen molar-refractivity contribution in [1.29, 1.82) is 0 Å². The average molecular weight is 295 g/mol. The molecule has 2 heterocycles. The number of amides is 2. The highest BCUT2D eigenvalue weighted by Crippen LogP contribution is 2.29. The van der Waals surface area contributed by atoms with Gasteiger partial charge in [-0.1, -0.05) is 23.7 Å². The first-order valence-electron chi connectivity index (χ1n) is 7.16. The van der Waals surface area contributed by atoms with Gasteiger partial charge in [-0.25, -0.2) is 4.79 Å². The molecule has 1 N–H and O–H groups in total. The summed E-state index contributed by atoms with van der Waals surface area (Å²) in [6.07, 6.45) is 3.52. The first-order chi connectivity index (χ1) is 9.74. The Morgan fingerprint density at radius 1 is 1.35 bits per heavy atom. The second-order valence-electron chi connectivity index (χ2n) is 5.46. The van der Waals surface area contributed by atoms with Gasteiger partial charge in [0.05, 0.1) is 16.8 Å². The van der Waals surface area contributed by atoms with Crippen LogP contribution in [0.15, 0.2) is 24.3 Å². The highest BCUT2D eigenvalue weighted by molar-refractivity contribution is 6.33. The molecule has 2 amide bonds. The van der Waals surface area contributed by atoms with Crippen LogP contribution in [0.25, 0.3) is 0 Å². The molecule has 20 heavy (non-hydrogen) atoms. The van der Waals surface area contributed by atoms with Crippen molar-refractivity contribution in [3.8, 4) is 0 Å². The zero-order valence-corrected chi connectivity index (χ0v) is 12.1. The zero-order chi connectivity index (χ0) is 13.9. The van der Waals surface area contributed by atoms with Crippen molar-refractivity contribution >= 4 is 23.3 Å². The van der Waals surface area contributed by atoms with E-state index in [0.29, 0.717) is 22.7 Å². The fourth-order valence-corrected chi connectivity index (χ4v) is 3.21. The molecule has 0 bridgehead atoms. The quantitative estimate of drug-likeness (QED) is 0.863. The van der Waals surface area contributed by atoms with Crippen LogP contribution in [0.3, 0.4) is 0 Å². The summed E-state index contributed by atoms with van der Waals surface area (Å²) in [4.78, 5) is 14.2. The normalized spacial score (nSPS) is 25.9. The van der Waals surface area contributed by atoms with Crippen molar-refractivity contribution in [1.82, 2.24) is 4.90 Å². The second-order valence-corrected chi connectivity index (χ2v) is 5.86. The number of rotatable bonds is 1. The van der Waals surface area contributed by atoms with Crippen molar-refractivity contribution < 1.29 is 9.53 Å². The number of urea groups is 1. The second kappa shape index (κ2) is 6.02. The van der Waals surface area contributed by atoms with Crippen LogP contribution < -0.4 is 5.32 Å². The van der Waals surface area contributed by atoms with Gasteiger partial charge in [-0.15, -0.1) is 0 Å². The lowest BCUT2D eigenvalue weighted by molar-refractivity contribution is -0.0578. The van der Waals surface area contributed by atoms with Crippen LogP contribution in [0.2, 0.25) is 5.02 Å². The number of para-hydroxylation sites is 1. The molecule has 0 radical (unpaired) electrons. The van der Waals surface area contributed by atoms with Gasteiger partial charge in [-0.3, -0.25) is 0 Å². The van der Waals surface area contributed by atoms with Crippen molar-refractivity contribution in [3.63, 3.8) is 0 Å². The van der Waals surface area contributed by atoms with E-state index in [9.17, 15) is 4.79 Å². The fraction of sp³-hybridized carbons (Fsp3) is 0.533. The van der Waals surface area contributed by atoms with E-state index in [1.165, 1.54) is 0 Å². The fourth-order valence-electron chi connectivity index (χ4n) is 3.03. The first kappa shape index (κ1) is 13.7. The van der Waals surface area contributed by atoms with Crippen LogP contribution in [0.4, 0.5) is 10.5 Å². The van der Waals surface area contributed by atoms with Crippen molar-refractivity contribution in [3.05, 3.63) is 29.3 Å². The lowest BCUT2D eigenvalue weighted by Gasteiger charge is -2.40. The van der Waals surface area contributed by atoms with Crippen LogP contribution >= 0.6 is 11.6 Å². The molecule has 0 unspecified atom stereocenters. The number of fused-ring (bicyclic) bond motifs is 1. The summed E-state index contributed by atoms with van der Waals surface area (Å²) >= 11 is 6.06. The van der Waals surface area contributed by atoms with Gasteiger partial charge in [0.2, 0.25) is 0 Å². The lowest BCUT2D eigenvalue weighted by Crippen LogP contribution is -2.49. The Bertz CT molecular complexity index is 495. The third-order valence-electron chi connectivity index (χ3n) is 4.12. The highest BCUT2D eigenvalue weighted by atomic mass is 35.5. The van der Waals surface area contributed by atoms with Gasteiger partial charge < -0.3 is 15.0 Å². The topological polar surface area (TPSA) is 41.6 Å². The maximum atomic E-state index is 12.3. The van der Waals surface area contributed by atoms with Gasteiger partial charge in [-0.2, -0.15) is 0 Å². The summed E-state index contributed by atoms with van der Waals surface area (Å²) in [5.41, 5.74) is 0.668. The molecule has 1 aromatic rings. The van der Waals surface area contributed by atoms with Crippen molar-refractivity contribution in [2.45, 2.75) is 25.4 Å². The summed E-state index contributed by atoms with van der Waals surface area (Å²) in [7, 11) is 0. The third kappa shape index (κ3) is 2.91. The molecule has 108 valence electrons. The number of ether oxygens (including phenoxy) is 1. The van der Waals surface area contributed by atoms with Gasteiger partial charge in [0.1, 0.15) is 0 Å². The van der Waals surface area contributed by atoms with E-state index < -0.39 is 0 Å². The van der Waals surface area contributed by atoms with E-state index in [4.69, 9.17) is 16.3 Å². The molecular weight excluding hydrogens is 276 g/mol. The van der Waals surface area contributed by atoms with Gasteiger partial charge in [-0.05, 0) is 31.4 Å². The van der Waals surface area contributed by atoms with E-state index in [1.54, 1.807) is 6.07 Å². The predicted octanol–water partition coefficient (Wildman–Crippen LogP) is 3.37. The molecule has 3 rings (SSSR count). The number of piperidine rings is 1. The first-order valence-corrected chi connectivity index (χ1v) is 7.54. The minimum Gasteiger partial charge on any atom is -0.378 e. The van der Waals surface area contributed by atoms with Crippen LogP contribution in [0.5, 0.6) is 0 Å². The van der Waals surface area contributed by atoms with Gasteiger partial charge in [0, 0.05) is 25.6 Å². The molecular formula is C15H19ClN2O2. The Kier molecular flexibility index (Phi) is 4.13. The molecule has 2 atom stereocenters.